The van der Waals surface area contributed by atoms with Gasteiger partial charge in [-0.2, -0.15) is 0 Å². The van der Waals surface area contributed by atoms with E-state index in [4.69, 9.17) is 4.74 Å². The first kappa shape index (κ1) is 31.1. The number of hydrogen-bond acceptors (Lipinski definition) is 5. The van der Waals surface area contributed by atoms with Crippen LogP contribution in [0.4, 0.5) is 0 Å². The Morgan fingerprint density at radius 1 is 0.780 bits per heavy atom. The van der Waals surface area contributed by atoms with Crippen molar-refractivity contribution in [1.29, 1.82) is 0 Å². The molecule has 3 aromatic rings. The second-order valence-corrected chi connectivity index (χ2v) is 12.2. The van der Waals surface area contributed by atoms with Gasteiger partial charge in [-0.1, -0.05) is 77.6 Å². The van der Waals surface area contributed by atoms with Crippen molar-refractivity contribution in [2.24, 2.45) is 0 Å². The second-order valence-electron chi connectivity index (χ2n) is 10.6. The SMILES string of the molecule is CCCc1cc(CCC)c(Br)c(C2(c3c(O)c(CCC)cc(CCC)c3Br)OC(=O)c3c(C(=O)O)cccc32)c1O. The molecule has 1 heterocycles. The van der Waals surface area contributed by atoms with Gasteiger partial charge in [-0.05, 0) is 85.9 Å². The molecule has 0 spiro atoms. The molecule has 1 aliphatic heterocycles. The number of halogens is 2. The Morgan fingerprint density at radius 3 is 1.63 bits per heavy atom. The van der Waals surface area contributed by atoms with E-state index in [1.165, 1.54) is 6.07 Å². The predicted octanol–water partition coefficient (Wildman–Crippen LogP) is 8.59. The van der Waals surface area contributed by atoms with Crippen LogP contribution in [0.1, 0.15) is 113 Å². The summed E-state index contributed by atoms with van der Waals surface area (Å²) in [4.78, 5) is 26.1. The highest BCUT2D eigenvalue weighted by atomic mass is 79.9. The maximum Gasteiger partial charge on any atom is 0.341 e. The highest BCUT2D eigenvalue weighted by Crippen LogP contribution is 2.58. The smallest absolute Gasteiger partial charge is 0.341 e. The van der Waals surface area contributed by atoms with Crippen molar-refractivity contribution < 1.29 is 29.6 Å². The Hall–Kier alpha value is -2.84. The van der Waals surface area contributed by atoms with Crippen LogP contribution in [0.25, 0.3) is 0 Å². The number of fused-ring (bicyclic) bond motifs is 1. The van der Waals surface area contributed by atoms with Crippen molar-refractivity contribution in [3.05, 3.63) is 89.3 Å². The van der Waals surface area contributed by atoms with Gasteiger partial charge in [0.05, 0.1) is 22.3 Å². The number of aryl methyl sites for hydroxylation is 4. The summed E-state index contributed by atoms with van der Waals surface area (Å²) in [5.41, 5.74) is 1.97. The minimum atomic E-state index is -1.83. The number of carboxylic acid groups (broad SMARTS) is 1. The van der Waals surface area contributed by atoms with E-state index in [2.05, 4.69) is 45.7 Å². The van der Waals surface area contributed by atoms with Crippen LogP contribution in [-0.4, -0.2) is 27.3 Å². The molecule has 218 valence electrons. The van der Waals surface area contributed by atoms with Crippen molar-refractivity contribution in [3.63, 3.8) is 0 Å². The summed E-state index contributed by atoms with van der Waals surface area (Å²) in [7, 11) is 0. The fraction of sp³-hybridized carbons (Fsp3) is 0.394. The monoisotopic (exact) mass is 686 g/mol. The van der Waals surface area contributed by atoms with E-state index in [9.17, 15) is 24.9 Å². The summed E-state index contributed by atoms with van der Waals surface area (Å²) in [6, 6.07) is 8.54. The Labute approximate surface area is 258 Å². The molecule has 3 N–H and O–H groups in total. The number of carbonyl (C=O) groups excluding carboxylic acids is 1. The van der Waals surface area contributed by atoms with Gasteiger partial charge in [0.1, 0.15) is 11.5 Å². The van der Waals surface area contributed by atoms with Gasteiger partial charge in [-0.3, -0.25) is 0 Å². The van der Waals surface area contributed by atoms with Crippen LogP contribution in [0.15, 0.2) is 39.3 Å². The summed E-state index contributed by atoms with van der Waals surface area (Å²) >= 11 is 7.53. The predicted molar refractivity (Wildman–Crippen MR) is 166 cm³/mol. The number of cyclic esters (lactones) is 1. The Balaban J connectivity index is 2.30. The largest absolute Gasteiger partial charge is 0.507 e. The van der Waals surface area contributed by atoms with Gasteiger partial charge in [-0.25, -0.2) is 9.59 Å². The molecule has 0 radical (unpaired) electrons. The minimum Gasteiger partial charge on any atom is -0.507 e. The van der Waals surface area contributed by atoms with E-state index in [0.717, 1.165) is 36.8 Å². The zero-order valence-electron chi connectivity index (χ0n) is 23.9. The number of carboxylic acids is 1. The normalized spacial score (nSPS) is 13.8. The van der Waals surface area contributed by atoms with E-state index in [-0.39, 0.29) is 39.3 Å². The molecular formula is C33H36Br2O6. The number of benzene rings is 3. The van der Waals surface area contributed by atoms with Gasteiger partial charge in [0.2, 0.25) is 0 Å². The summed E-state index contributed by atoms with van der Waals surface area (Å²) in [5.74, 6) is -2.20. The van der Waals surface area contributed by atoms with Crippen LogP contribution in [0, 0.1) is 0 Å². The third kappa shape index (κ3) is 5.18. The van der Waals surface area contributed by atoms with E-state index >= 15 is 0 Å². The standard InChI is InChI=1S/C33H36Br2O6/c1-5-10-18-16-20(12-7-3)29(36)25(27(18)34)33(23-15-9-14-22(31(38)39)24(23)32(40)41-33)26-28(35)19(11-6-2)17-21(13-8-4)30(26)37/h9,14-17,36-37H,5-8,10-13H2,1-4H3,(H,38,39). The number of esters is 1. The van der Waals surface area contributed by atoms with Gasteiger partial charge < -0.3 is 20.1 Å². The van der Waals surface area contributed by atoms with Crippen LogP contribution in [0.5, 0.6) is 11.5 Å². The number of hydrogen-bond donors (Lipinski definition) is 3. The first-order valence-corrected chi connectivity index (χ1v) is 15.8. The lowest BCUT2D eigenvalue weighted by atomic mass is 9.75. The topological polar surface area (TPSA) is 104 Å². The fourth-order valence-electron chi connectivity index (χ4n) is 5.98. The maximum absolute atomic E-state index is 13.8. The molecule has 6 nitrogen and oxygen atoms in total. The molecule has 41 heavy (non-hydrogen) atoms. The molecule has 0 aromatic heterocycles. The molecule has 0 unspecified atom stereocenters. The first-order valence-electron chi connectivity index (χ1n) is 14.3. The molecule has 0 amide bonds. The number of carbonyl (C=O) groups is 2. The minimum absolute atomic E-state index is 0.0517. The third-order valence-electron chi connectivity index (χ3n) is 7.69. The summed E-state index contributed by atoms with van der Waals surface area (Å²) < 4.78 is 7.47. The van der Waals surface area contributed by atoms with E-state index < -0.39 is 17.5 Å². The lowest BCUT2D eigenvalue weighted by Gasteiger charge is -2.35. The maximum atomic E-state index is 13.8. The van der Waals surface area contributed by atoms with Crippen LogP contribution in [0.2, 0.25) is 0 Å². The summed E-state index contributed by atoms with van der Waals surface area (Å²) in [6.07, 6.45) is 5.77. The highest BCUT2D eigenvalue weighted by molar-refractivity contribution is 9.11. The van der Waals surface area contributed by atoms with E-state index in [0.29, 0.717) is 45.8 Å². The molecule has 0 saturated carbocycles. The average Bonchev–Trinajstić information content (AvgIpc) is 3.22. The lowest BCUT2D eigenvalue weighted by Crippen LogP contribution is -2.32. The quantitative estimate of drug-likeness (QED) is 0.175. The molecule has 8 heteroatoms. The first-order chi connectivity index (χ1) is 19.6. The van der Waals surface area contributed by atoms with Crippen molar-refractivity contribution >= 4 is 43.8 Å². The Morgan fingerprint density at radius 2 is 1.22 bits per heavy atom. The van der Waals surface area contributed by atoms with E-state index in [1.807, 2.05) is 26.0 Å². The Kier molecular flexibility index (Phi) is 9.54. The van der Waals surface area contributed by atoms with Crippen molar-refractivity contribution in [2.75, 3.05) is 0 Å². The highest BCUT2D eigenvalue weighted by Gasteiger charge is 2.55. The summed E-state index contributed by atoms with van der Waals surface area (Å²) in [6.45, 7) is 8.17. The van der Waals surface area contributed by atoms with Crippen molar-refractivity contribution in [2.45, 2.75) is 84.7 Å². The third-order valence-corrected chi connectivity index (χ3v) is 9.50. The van der Waals surface area contributed by atoms with Gasteiger partial charge >= 0.3 is 11.9 Å². The fourth-order valence-corrected chi connectivity index (χ4v) is 7.54. The molecule has 1 aliphatic rings. The second kappa shape index (κ2) is 12.6. The number of phenols is 2. The molecule has 0 aliphatic carbocycles. The molecule has 0 fully saturated rings. The van der Waals surface area contributed by atoms with Gasteiger partial charge in [0.25, 0.3) is 0 Å². The van der Waals surface area contributed by atoms with Gasteiger partial charge in [0, 0.05) is 14.5 Å². The molecule has 3 aromatic carbocycles. The molecule has 0 atom stereocenters. The Bertz CT molecular complexity index is 1380. The zero-order valence-corrected chi connectivity index (χ0v) is 27.0. The number of phenolic OH excluding ortho intramolecular Hbond substituents is 2. The van der Waals surface area contributed by atoms with Gasteiger partial charge in [-0.15, -0.1) is 0 Å². The molecule has 4 rings (SSSR count). The van der Waals surface area contributed by atoms with Crippen molar-refractivity contribution in [3.8, 4) is 11.5 Å². The van der Waals surface area contributed by atoms with E-state index in [1.54, 1.807) is 12.1 Å². The zero-order chi connectivity index (χ0) is 30.1. The number of aromatic hydroxyl groups is 2. The molecule has 0 bridgehead atoms. The van der Waals surface area contributed by atoms with Crippen LogP contribution < -0.4 is 0 Å². The summed E-state index contributed by atoms with van der Waals surface area (Å²) in [5, 5.41) is 34.0. The number of rotatable bonds is 11. The number of aromatic carboxylic acids is 1. The number of ether oxygens (including phenoxy) is 1. The lowest BCUT2D eigenvalue weighted by molar-refractivity contribution is 0.0231. The molecule has 0 saturated heterocycles. The van der Waals surface area contributed by atoms with Crippen LogP contribution >= 0.6 is 31.9 Å². The van der Waals surface area contributed by atoms with Crippen LogP contribution in [0.3, 0.4) is 0 Å². The van der Waals surface area contributed by atoms with Crippen molar-refractivity contribution in [1.82, 2.24) is 0 Å². The van der Waals surface area contributed by atoms with Crippen LogP contribution in [-0.2, 0) is 36.0 Å². The average molecular weight is 688 g/mol. The van der Waals surface area contributed by atoms with Gasteiger partial charge in [0.15, 0.2) is 5.60 Å². The molecular weight excluding hydrogens is 652 g/mol.